The van der Waals surface area contributed by atoms with Gasteiger partial charge in [0.05, 0.1) is 33.1 Å². The zero-order valence-electron chi connectivity index (χ0n) is 20.0. The lowest BCUT2D eigenvalue weighted by atomic mass is 10.1. The van der Waals surface area contributed by atoms with Gasteiger partial charge >= 0.3 is 5.97 Å². The zero-order chi connectivity index (χ0) is 25.9. The molecule has 3 aromatic carbocycles. The van der Waals surface area contributed by atoms with E-state index in [1.807, 2.05) is 0 Å². The molecule has 0 bridgehead atoms. The fraction of sp³-hybridized carbons (Fsp3) is 0.111. The van der Waals surface area contributed by atoms with Crippen LogP contribution in [0.25, 0.3) is 6.08 Å². The van der Waals surface area contributed by atoms with E-state index in [0.29, 0.717) is 33.8 Å². The third kappa shape index (κ3) is 6.80. The third-order valence-electron chi connectivity index (χ3n) is 4.96. The lowest BCUT2D eigenvalue weighted by molar-refractivity contribution is -0.117. The van der Waals surface area contributed by atoms with Crippen molar-refractivity contribution in [3.63, 3.8) is 0 Å². The maximum absolute atomic E-state index is 12.9. The Morgan fingerprint density at radius 1 is 0.778 bits per heavy atom. The summed E-state index contributed by atoms with van der Waals surface area (Å²) in [6.45, 7) is 0. The Balaban J connectivity index is 1.82. The van der Waals surface area contributed by atoms with Gasteiger partial charge in [0, 0.05) is 5.56 Å². The molecule has 0 heterocycles. The van der Waals surface area contributed by atoms with E-state index in [1.54, 1.807) is 72.8 Å². The smallest absolute Gasteiger partial charge is 0.337 e. The quantitative estimate of drug-likeness (QED) is 0.207. The van der Waals surface area contributed by atoms with Gasteiger partial charge in [-0.3, -0.25) is 9.59 Å². The molecule has 9 nitrogen and oxygen atoms in total. The summed E-state index contributed by atoms with van der Waals surface area (Å²) in [4.78, 5) is 37.2. The molecule has 184 valence electrons. The first-order chi connectivity index (χ1) is 17.4. The van der Waals surface area contributed by atoms with E-state index in [4.69, 9.17) is 9.47 Å². The van der Waals surface area contributed by atoms with Crippen LogP contribution in [0.4, 0.5) is 0 Å². The molecule has 3 aromatic rings. The molecule has 0 radical (unpaired) electrons. The number of ether oxygens (including phenoxy) is 3. The summed E-state index contributed by atoms with van der Waals surface area (Å²) >= 11 is 0. The van der Waals surface area contributed by atoms with E-state index in [0.717, 1.165) is 0 Å². The van der Waals surface area contributed by atoms with Crippen LogP contribution in [-0.2, 0) is 9.53 Å². The van der Waals surface area contributed by atoms with Gasteiger partial charge < -0.3 is 19.5 Å². The average molecular weight is 488 g/mol. The number of hydrogen-bond donors (Lipinski definition) is 2. The van der Waals surface area contributed by atoms with Crippen LogP contribution in [0.5, 0.6) is 11.5 Å². The summed E-state index contributed by atoms with van der Waals surface area (Å²) in [5, 5.41) is 6.60. The molecule has 0 saturated heterocycles. The van der Waals surface area contributed by atoms with Crippen molar-refractivity contribution >= 4 is 30.1 Å². The van der Waals surface area contributed by atoms with E-state index in [-0.39, 0.29) is 5.70 Å². The van der Waals surface area contributed by atoms with Crippen molar-refractivity contribution < 1.29 is 28.6 Å². The van der Waals surface area contributed by atoms with Gasteiger partial charge in [-0.25, -0.2) is 10.2 Å². The Labute approximate surface area is 208 Å². The summed E-state index contributed by atoms with van der Waals surface area (Å²) in [6.07, 6.45) is 2.91. The predicted molar refractivity (Wildman–Crippen MR) is 135 cm³/mol. The van der Waals surface area contributed by atoms with Crippen molar-refractivity contribution in [1.82, 2.24) is 10.7 Å². The molecule has 36 heavy (non-hydrogen) atoms. The van der Waals surface area contributed by atoms with Gasteiger partial charge in [0.25, 0.3) is 11.8 Å². The topological polar surface area (TPSA) is 115 Å². The van der Waals surface area contributed by atoms with Crippen LogP contribution < -0.4 is 20.2 Å². The van der Waals surface area contributed by atoms with Crippen molar-refractivity contribution in [3.05, 3.63) is 101 Å². The van der Waals surface area contributed by atoms with Crippen LogP contribution in [-0.4, -0.2) is 45.3 Å². The summed E-state index contributed by atoms with van der Waals surface area (Å²) in [6, 6.07) is 20.1. The largest absolute Gasteiger partial charge is 0.493 e. The van der Waals surface area contributed by atoms with E-state index in [9.17, 15) is 14.4 Å². The molecule has 0 atom stereocenters. The fourth-order valence-electron chi connectivity index (χ4n) is 3.10. The van der Waals surface area contributed by atoms with Crippen molar-refractivity contribution in [2.75, 3.05) is 21.3 Å². The van der Waals surface area contributed by atoms with Crippen molar-refractivity contribution in [1.29, 1.82) is 0 Å². The highest BCUT2D eigenvalue weighted by atomic mass is 16.5. The number of carbonyl (C=O) groups is 3. The first kappa shape index (κ1) is 25.7. The minimum atomic E-state index is -0.642. The normalized spacial score (nSPS) is 11.0. The number of amides is 2. The van der Waals surface area contributed by atoms with E-state index < -0.39 is 17.8 Å². The number of methoxy groups -OCH3 is 3. The Bertz CT molecular complexity index is 1280. The minimum absolute atomic E-state index is 0.0331. The molecule has 0 aliphatic carbocycles. The molecule has 0 saturated carbocycles. The van der Waals surface area contributed by atoms with Crippen LogP contribution in [0.15, 0.2) is 83.6 Å². The molecular weight excluding hydrogens is 462 g/mol. The molecule has 0 unspecified atom stereocenters. The van der Waals surface area contributed by atoms with Crippen molar-refractivity contribution in [3.8, 4) is 11.5 Å². The Morgan fingerprint density at radius 3 is 2.08 bits per heavy atom. The SMILES string of the molecule is COC(=O)c1ccc(/C=N/NC(=O)/C(=C/c2ccc(OC)c(OC)c2)NC(=O)c2ccccc2)cc1. The second-order valence-corrected chi connectivity index (χ2v) is 7.31. The second-order valence-electron chi connectivity index (χ2n) is 7.31. The lowest BCUT2D eigenvalue weighted by Crippen LogP contribution is -2.32. The highest BCUT2D eigenvalue weighted by molar-refractivity contribution is 6.05. The van der Waals surface area contributed by atoms with Crippen LogP contribution in [0.1, 0.15) is 31.8 Å². The van der Waals surface area contributed by atoms with Gasteiger partial charge in [0.1, 0.15) is 5.70 Å². The monoisotopic (exact) mass is 487 g/mol. The van der Waals surface area contributed by atoms with Gasteiger partial charge in [-0.2, -0.15) is 5.10 Å². The number of carbonyl (C=O) groups excluding carboxylic acids is 3. The highest BCUT2D eigenvalue weighted by Crippen LogP contribution is 2.28. The van der Waals surface area contributed by atoms with Crippen molar-refractivity contribution in [2.24, 2.45) is 5.10 Å². The zero-order valence-corrected chi connectivity index (χ0v) is 20.0. The summed E-state index contributed by atoms with van der Waals surface area (Å²) in [7, 11) is 4.33. The Kier molecular flexibility index (Phi) is 8.94. The van der Waals surface area contributed by atoms with Gasteiger partial charge in [-0.1, -0.05) is 36.4 Å². The minimum Gasteiger partial charge on any atom is -0.493 e. The van der Waals surface area contributed by atoms with E-state index in [2.05, 4.69) is 20.6 Å². The van der Waals surface area contributed by atoms with E-state index in [1.165, 1.54) is 33.6 Å². The first-order valence-corrected chi connectivity index (χ1v) is 10.8. The number of esters is 1. The molecule has 9 heteroatoms. The van der Waals surface area contributed by atoms with Crippen LogP contribution in [0.3, 0.4) is 0 Å². The molecule has 0 aromatic heterocycles. The number of nitrogens with zero attached hydrogens (tertiary/aromatic N) is 1. The summed E-state index contributed by atoms with van der Waals surface area (Å²) in [5.41, 5.74) is 4.38. The lowest BCUT2D eigenvalue weighted by Gasteiger charge is -2.11. The summed E-state index contributed by atoms with van der Waals surface area (Å²) < 4.78 is 15.2. The van der Waals surface area contributed by atoms with E-state index >= 15 is 0 Å². The second kappa shape index (κ2) is 12.5. The van der Waals surface area contributed by atoms with Gasteiger partial charge in [0.15, 0.2) is 11.5 Å². The maximum atomic E-state index is 12.9. The average Bonchev–Trinajstić information content (AvgIpc) is 2.92. The molecule has 0 spiro atoms. The number of hydrogen-bond acceptors (Lipinski definition) is 7. The predicted octanol–water partition coefficient (Wildman–Crippen LogP) is 3.41. The molecule has 3 rings (SSSR count). The number of nitrogens with one attached hydrogen (secondary N) is 2. The van der Waals surface area contributed by atoms with Gasteiger partial charge in [0.2, 0.25) is 0 Å². The Hall–Kier alpha value is -4.92. The van der Waals surface area contributed by atoms with Crippen molar-refractivity contribution in [2.45, 2.75) is 0 Å². The number of benzene rings is 3. The maximum Gasteiger partial charge on any atom is 0.337 e. The molecule has 0 fully saturated rings. The highest BCUT2D eigenvalue weighted by Gasteiger charge is 2.15. The van der Waals surface area contributed by atoms with Crippen LogP contribution in [0, 0.1) is 0 Å². The Morgan fingerprint density at radius 2 is 1.44 bits per heavy atom. The van der Waals surface area contributed by atoms with Gasteiger partial charge in [-0.15, -0.1) is 0 Å². The van der Waals surface area contributed by atoms with Crippen LogP contribution in [0.2, 0.25) is 0 Å². The number of rotatable bonds is 9. The van der Waals surface area contributed by atoms with Crippen LogP contribution >= 0.6 is 0 Å². The third-order valence-corrected chi connectivity index (χ3v) is 4.96. The molecule has 2 amide bonds. The molecule has 0 aliphatic heterocycles. The first-order valence-electron chi connectivity index (χ1n) is 10.8. The molecular formula is C27H25N3O6. The fourth-order valence-corrected chi connectivity index (χ4v) is 3.10. The van der Waals surface area contributed by atoms with Gasteiger partial charge in [-0.05, 0) is 53.6 Å². The summed E-state index contributed by atoms with van der Waals surface area (Å²) in [5.74, 6) is -0.562. The number of hydrazone groups is 1. The standard InChI is InChI=1S/C27H25N3O6/c1-34-23-14-11-19(16-24(23)35-2)15-22(29-25(31)20-7-5-4-6-8-20)26(32)30-28-17-18-9-12-21(13-10-18)27(33)36-3/h4-17H,1-3H3,(H,29,31)(H,30,32)/b22-15-,28-17+. The molecule has 0 aliphatic rings. The molecule has 2 N–H and O–H groups in total.